The first kappa shape index (κ1) is 10.3. The Bertz CT molecular complexity index is 618. The van der Waals surface area contributed by atoms with Crippen molar-refractivity contribution in [2.75, 3.05) is 0 Å². The van der Waals surface area contributed by atoms with Crippen molar-refractivity contribution in [1.82, 2.24) is 15.2 Å². The van der Waals surface area contributed by atoms with Crippen molar-refractivity contribution in [3.8, 4) is 0 Å². The van der Waals surface area contributed by atoms with Crippen LogP contribution in [0.1, 0.15) is 11.1 Å². The number of rotatable bonds is 2. The molecule has 0 aliphatic rings. The number of nitrogens with one attached hydrogen (secondary N) is 1. The Labute approximate surface area is 90.0 Å². The predicted molar refractivity (Wildman–Crippen MR) is 56.2 cm³/mol. The SMILES string of the molecule is Cc1c(CC(=O)O)c(=O)[nH]c2ccnnc12. The van der Waals surface area contributed by atoms with Crippen molar-refractivity contribution in [2.24, 2.45) is 0 Å². The number of nitrogens with zero attached hydrogens (tertiary/aromatic N) is 2. The van der Waals surface area contributed by atoms with Gasteiger partial charge in [-0.3, -0.25) is 9.59 Å². The van der Waals surface area contributed by atoms with Crippen LogP contribution in [-0.4, -0.2) is 26.3 Å². The number of hydrogen-bond donors (Lipinski definition) is 2. The quantitative estimate of drug-likeness (QED) is 0.754. The Balaban J connectivity index is 2.75. The minimum absolute atomic E-state index is 0.223. The molecular weight excluding hydrogens is 210 g/mol. The lowest BCUT2D eigenvalue weighted by molar-refractivity contribution is -0.136. The summed E-state index contributed by atoms with van der Waals surface area (Å²) in [5.74, 6) is -1.04. The van der Waals surface area contributed by atoms with E-state index in [4.69, 9.17) is 5.11 Å². The first-order valence-electron chi connectivity index (χ1n) is 4.64. The molecule has 0 atom stereocenters. The number of carboxylic acids is 1. The highest BCUT2D eigenvalue weighted by Gasteiger charge is 2.12. The van der Waals surface area contributed by atoms with Gasteiger partial charge >= 0.3 is 5.97 Å². The zero-order valence-corrected chi connectivity index (χ0v) is 8.52. The van der Waals surface area contributed by atoms with Gasteiger partial charge < -0.3 is 10.1 Å². The summed E-state index contributed by atoms with van der Waals surface area (Å²) in [5, 5.41) is 16.3. The topological polar surface area (TPSA) is 95.9 Å². The van der Waals surface area contributed by atoms with Gasteiger partial charge in [-0.15, -0.1) is 5.10 Å². The van der Waals surface area contributed by atoms with Gasteiger partial charge in [0.25, 0.3) is 5.56 Å². The van der Waals surface area contributed by atoms with E-state index in [1.807, 2.05) is 0 Å². The minimum Gasteiger partial charge on any atom is -0.481 e. The highest BCUT2D eigenvalue weighted by molar-refractivity contribution is 5.80. The maximum Gasteiger partial charge on any atom is 0.308 e. The molecule has 2 aromatic rings. The van der Waals surface area contributed by atoms with Crippen molar-refractivity contribution in [1.29, 1.82) is 0 Å². The molecule has 0 aliphatic heterocycles. The number of aromatic amines is 1. The normalized spacial score (nSPS) is 10.6. The van der Waals surface area contributed by atoms with Crippen LogP contribution in [0.15, 0.2) is 17.1 Å². The molecule has 0 amide bonds. The molecule has 2 rings (SSSR count). The number of pyridine rings is 1. The summed E-state index contributed by atoms with van der Waals surface area (Å²) in [6.45, 7) is 1.67. The van der Waals surface area contributed by atoms with E-state index in [9.17, 15) is 9.59 Å². The maximum atomic E-state index is 11.6. The molecule has 0 bridgehead atoms. The number of aromatic nitrogens is 3. The fourth-order valence-corrected chi connectivity index (χ4v) is 1.58. The number of hydrogen-bond acceptors (Lipinski definition) is 4. The number of fused-ring (bicyclic) bond motifs is 1. The molecule has 0 unspecified atom stereocenters. The molecule has 0 aliphatic carbocycles. The van der Waals surface area contributed by atoms with Crippen LogP contribution < -0.4 is 5.56 Å². The van der Waals surface area contributed by atoms with Gasteiger partial charge in [-0.25, -0.2) is 0 Å². The van der Waals surface area contributed by atoms with Gasteiger partial charge in [-0.05, 0) is 18.6 Å². The van der Waals surface area contributed by atoms with E-state index in [1.165, 1.54) is 6.20 Å². The summed E-state index contributed by atoms with van der Waals surface area (Å²) in [7, 11) is 0. The van der Waals surface area contributed by atoms with E-state index in [2.05, 4.69) is 15.2 Å². The zero-order valence-electron chi connectivity index (χ0n) is 8.52. The molecule has 2 heterocycles. The lowest BCUT2D eigenvalue weighted by atomic mass is 10.1. The van der Waals surface area contributed by atoms with Gasteiger partial charge in [-0.2, -0.15) is 5.10 Å². The second-order valence-corrected chi connectivity index (χ2v) is 3.42. The molecule has 82 valence electrons. The van der Waals surface area contributed by atoms with Crippen molar-refractivity contribution in [3.05, 3.63) is 33.7 Å². The van der Waals surface area contributed by atoms with Crippen LogP contribution >= 0.6 is 0 Å². The molecular formula is C10H9N3O3. The van der Waals surface area contributed by atoms with Crippen LogP contribution in [0.5, 0.6) is 0 Å². The fourth-order valence-electron chi connectivity index (χ4n) is 1.58. The Morgan fingerprint density at radius 3 is 3.00 bits per heavy atom. The summed E-state index contributed by atoms with van der Waals surface area (Å²) >= 11 is 0. The van der Waals surface area contributed by atoms with E-state index in [-0.39, 0.29) is 17.5 Å². The van der Waals surface area contributed by atoms with Crippen LogP contribution in [-0.2, 0) is 11.2 Å². The second kappa shape index (κ2) is 3.73. The summed E-state index contributed by atoms with van der Waals surface area (Å²) in [6, 6.07) is 1.63. The van der Waals surface area contributed by atoms with E-state index in [0.29, 0.717) is 16.6 Å². The summed E-state index contributed by atoms with van der Waals surface area (Å²) in [4.78, 5) is 24.8. The molecule has 0 spiro atoms. The highest BCUT2D eigenvalue weighted by atomic mass is 16.4. The summed E-state index contributed by atoms with van der Waals surface area (Å²) in [6.07, 6.45) is 1.16. The van der Waals surface area contributed by atoms with Gasteiger partial charge in [0.2, 0.25) is 0 Å². The van der Waals surface area contributed by atoms with Gasteiger partial charge in [0, 0.05) is 5.56 Å². The number of carboxylic acid groups (broad SMARTS) is 1. The van der Waals surface area contributed by atoms with Crippen molar-refractivity contribution in [3.63, 3.8) is 0 Å². The minimum atomic E-state index is -1.04. The molecule has 2 aromatic heterocycles. The van der Waals surface area contributed by atoms with Gasteiger partial charge in [-0.1, -0.05) is 0 Å². The van der Waals surface area contributed by atoms with E-state index >= 15 is 0 Å². The molecule has 0 radical (unpaired) electrons. The second-order valence-electron chi connectivity index (χ2n) is 3.42. The van der Waals surface area contributed by atoms with Crippen LogP contribution in [0.2, 0.25) is 0 Å². The van der Waals surface area contributed by atoms with Crippen molar-refractivity contribution >= 4 is 17.0 Å². The van der Waals surface area contributed by atoms with Crippen LogP contribution in [0.3, 0.4) is 0 Å². The molecule has 0 fully saturated rings. The van der Waals surface area contributed by atoms with Crippen LogP contribution in [0, 0.1) is 6.92 Å². The third-order valence-corrected chi connectivity index (χ3v) is 2.38. The number of H-pyrrole nitrogens is 1. The molecule has 0 saturated carbocycles. The van der Waals surface area contributed by atoms with Gasteiger partial charge in [0.1, 0.15) is 5.52 Å². The molecule has 6 heteroatoms. The van der Waals surface area contributed by atoms with Crippen LogP contribution in [0.25, 0.3) is 11.0 Å². The zero-order chi connectivity index (χ0) is 11.7. The fraction of sp³-hybridized carbons (Fsp3) is 0.200. The Hall–Kier alpha value is -2.24. The first-order chi connectivity index (χ1) is 7.59. The van der Waals surface area contributed by atoms with Gasteiger partial charge in [0.15, 0.2) is 0 Å². The predicted octanol–water partition coefficient (Wildman–Crippen LogP) is 0.254. The van der Waals surface area contributed by atoms with E-state index < -0.39 is 5.97 Å². The smallest absolute Gasteiger partial charge is 0.308 e. The monoisotopic (exact) mass is 219 g/mol. The standard InChI is InChI=1S/C10H9N3O3/c1-5-6(4-8(14)15)10(16)12-7-2-3-11-13-9(5)7/h2-3H,4H2,1H3,(H,12,16)(H,14,15). The third kappa shape index (κ3) is 1.65. The third-order valence-electron chi connectivity index (χ3n) is 2.38. The maximum absolute atomic E-state index is 11.6. The number of aliphatic carboxylic acids is 1. The van der Waals surface area contributed by atoms with Crippen LogP contribution in [0.4, 0.5) is 0 Å². The van der Waals surface area contributed by atoms with Crippen molar-refractivity contribution in [2.45, 2.75) is 13.3 Å². The lowest BCUT2D eigenvalue weighted by Gasteiger charge is -2.04. The highest BCUT2D eigenvalue weighted by Crippen LogP contribution is 2.13. The largest absolute Gasteiger partial charge is 0.481 e. The number of aryl methyl sites for hydroxylation is 1. The Morgan fingerprint density at radius 1 is 1.56 bits per heavy atom. The lowest BCUT2D eigenvalue weighted by Crippen LogP contribution is -2.18. The first-order valence-corrected chi connectivity index (χ1v) is 4.64. The van der Waals surface area contributed by atoms with Crippen molar-refractivity contribution < 1.29 is 9.90 Å². The molecule has 0 saturated heterocycles. The summed E-state index contributed by atoms with van der Waals surface area (Å²) in [5.41, 5.74) is 1.49. The average Bonchev–Trinajstić information content (AvgIpc) is 2.24. The number of carbonyl (C=O) groups is 1. The molecule has 0 aromatic carbocycles. The van der Waals surface area contributed by atoms with E-state index in [1.54, 1.807) is 13.0 Å². The van der Waals surface area contributed by atoms with Gasteiger partial charge in [0.05, 0.1) is 18.1 Å². The Kier molecular flexibility index (Phi) is 2.40. The Morgan fingerprint density at radius 2 is 2.31 bits per heavy atom. The molecule has 16 heavy (non-hydrogen) atoms. The molecule has 2 N–H and O–H groups in total. The summed E-state index contributed by atoms with van der Waals surface area (Å²) < 4.78 is 0. The van der Waals surface area contributed by atoms with E-state index in [0.717, 1.165) is 0 Å². The average molecular weight is 219 g/mol. The molecule has 6 nitrogen and oxygen atoms in total.